The number of ether oxygens (including phenoxy) is 1. The molecule has 4 rings (SSSR count). The Morgan fingerprint density at radius 3 is 2.77 bits per heavy atom. The number of aryl methyl sites for hydroxylation is 1. The molecule has 5 nitrogen and oxygen atoms in total. The Balaban J connectivity index is 1.37. The predicted octanol–water partition coefficient (Wildman–Crippen LogP) is 4.49. The summed E-state index contributed by atoms with van der Waals surface area (Å²) in [5.41, 5.74) is 4.73. The van der Waals surface area contributed by atoms with Crippen LogP contribution in [0.5, 0.6) is 0 Å². The molecule has 2 aromatic carbocycles. The van der Waals surface area contributed by atoms with Gasteiger partial charge in [-0.3, -0.25) is 4.79 Å². The highest BCUT2D eigenvalue weighted by molar-refractivity contribution is 7.99. The smallest absolute Gasteiger partial charge is 0.230 e. The van der Waals surface area contributed by atoms with E-state index in [9.17, 15) is 4.79 Å². The predicted molar refractivity (Wildman–Crippen MR) is 125 cm³/mol. The number of amides is 1. The Morgan fingerprint density at radius 2 is 2.00 bits per heavy atom. The Labute approximate surface area is 188 Å². The number of hydrogen-bond acceptors (Lipinski definition) is 4. The standard InChI is InChI=1S/C25H29N3O2S/c1-19-8-5-6-9-20(19)13-14-26-24(29)18-31-25-27-16-23(21-10-3-2-4-11-21)28(25)17-22-12-7-15-30-22/h2-6,8-11,16,22H,7,12-15,17-18H2,1H3,(H,26,29). The summed E-state index contributed by atoms with van der Waals surface area (Å²) in [7, 11) is 0. The number of carbonyl (C=O) groups excluding carboxylic acids is 1. The molecule has 1 aliphatic heterocycles. The molecule has 1 atom stereocenters. The van der Waals surface area contributed by atoms with Crippen molar-refractivity contribution >= 4 is 17.7 Å². The lowest BCUT2D eigenvalue weighted by Crippen LogP contribution is -2.27. The highest BCUT2D eigenvalue weighted by Gasteiger charge is 2.21. The van der Waals surface area contributed by atoms with Gasteiger partial charge in [-0.05, 0) is 42.9 Å². The van der Waals surface area contributed by atoms with Crippen molar-refractivity contribution in [2.24, 2.45) is 0 Å². The molecular formula is C25H29N3O2S. The molecule has 6 heteroatoms. The second kappa shape index (κ2) is 10.6. The minimum Gasteiger partial charge on any atom is -0.376 e. The number of hydrogen-bond donors (Lipinski definition) is 1. The molecule has 0 bridgehead atoms. The van der Waals surface area contributed by atoms with E-state index in [1.54, 1.807) is 0 Å². The Morgan fingerprint density at radius 1 is 1.19 bits per heavy atom. The van der Waals surface area contributed by atoms with Crippen molar-refractivity contribution in [3.8, 4) is 11.3 Å². The molecule has 1 unspecified atom stereocenters. The normalized spacial score (nSPS) is 15.8. The van der Waals surface area contributed by atoms with Gasteiger partial charge in [-0.25, -0.2) is 4.98 Å². The second-order valence-corrected chi connectivity index (χ2v) is 8.80. The number of nitrogens with zero attached hydrogens (tertiary/aromatic N) is 2. The number of benzene rings is 2. The Bertz CT molecular complexity index is 997. The molecule has 1 fully saturated rings. The summed E-state index contributed by atoms with van der Waals surface area (Å²) in [6, 6.07) is 18.6. The van der Waals surface area contributed by atoms with Crippen molar-refractivity contribution in [1.29, 1.82) is 0 Å². The first-order chi connectivity index (χ1) is 15.2. The van der Waals surface area contributed by atoms with Gasteiger partial charge in [-0.1, -0.05) is 66.4 Å². The second-order valence-electron chi connectivity index (χ2n) is 7.85. The Kier molecular flexibility index (Phi) is 7.43. The lowest BCUT2D eigenvalue weighted by molar-refractivity contribution is -0.118. The quantitative estimate of drug-likeness (QED) is 0.503. The van der Waals surface area contributed by atoms with Crippen LogP contribution >= 0.6 is 11.8 Å². The van der Waals surface area contributed by atoms with E-state index in [0.29, 0.717) is 12.3 Å². The molecule has 0 spiro atoms. The van der Waals surface area contributed by atoms with Crippen molar-refractivity contribution in [2.75, 3.05) is 18.9 Å². The van der Waals surface area contributed by atoms with Crippen molar-refractivity contribution in [2.45, 2.75) is 44.0 Å². The zero-order valence-electron chi connectivity index (χ0n) is 17.9. The van der Waals surface area contributed by atoms with Gasteiger partial charge in [-0.15, -0.1) is 0 Å². The molecule has 2 heterocycles. The SMILES string of the molecule is Cc1ccccc1CCNC(=O)CSc1ncc(-c2ccccc2)n1CC1CCCO1. The van der Waals surface area contributed by atoms with E-state index >= 15 is 0 Å². The van der Waals surface area contributed by atoms with E-state index < -0.39 is 0 Å². The van der Waals surface area contributed by atoms with Crippen molar-refractivity contribution < 1.29 is 9.53 Å². The lowest BCUT2D eigenvalue weighted by Gasteiger charge is -2.16. The number of imidazole rings is 1. The van der Waals surface area contributed by atoms with Crippen LogP contribution in [0.15, 0.2) is 66.0 Å². The van der Waals surface area contributed by atoms with Gasteiger partial charge in [0.25, 0.3) is 0 Å². The van der Waals surface area contributed by atoms with Gasteiger partial charge in [0, 0.05) is 13.2 Å². The van der Waals surface area contributed by atoms with Gasteiger partial charge in [0.2, 0.25) is 5.91 Å². The summed E-state index contributed by atoms with van der Waals surface area (Å²) in [6.45, 7) is 4.34. The average molecular weight is 436 g/mol. The number of thioether (sulfide) groups is 1. The first-order valence-electron chi connectivity index (χ1n) is 10.9. The third-order valence-electron chi connectivity index (χ3n) is 5.61. The minimum atomic E-state index is 0.0338. The molecule has 1 saturated heterocycles. The van der Waals surface area contributed by atoms with Crippen molar-refractivity contribution in [3.63, 3.8) is 0 Å². The van der Waals surface area contributed by atoms with Crippen LogP contribution in [0.4, 0.5) is 0 Å². The molecule has 0 aliphatic carbocycles. The van der Waals surface area contributed by atoms with Gasteiger partial charge >= 0.3 is 0 Å². The zero-order chi connectivity index (χ0) is 21.5. The minimum absolute atomic E-state index is 0.0338. The molecule has 162 valence electrons. The fraction of sp³-hybridized carbons (Fsp3) is 0.360. The van der Waals surface area contributed by atoms with E-state index in [2.05, 4.69) is 46.1 Å². The topological polar surface area (TPSA) is 56.2 Å². The van der Waals surface area contributed by atoms with Gasteiger partial charge in [0.15, 0.2) is 5.16 Å². The van der Waals surface area contributed by atoms with Gasteiger partial charge in [0.1, 0.15) is 0 Å². The van der Waals surface area contributed by atoms with Gasteiger partial charge in [0.05, 0.1) is 30.3 Å². The van der Waals surface area contributed by atoms with E-state index in [0.717, 1.165) is 48.8 Å². The number of rotatable bonds is 9. The maximum atomic E-state index is 12.4. The molecule has 3 aromatic rings. The largest absolute Gasteiger partial charge is 0.376 e. The first kappa shape index (κ1) is 21.7. The molecule has 1 N–H and O–H groups in total. The molecule has 1 aromatic heterocycles. The Hall–Kier alpha value is -2.57. The molecule has 0 radical (unpaired) electrons. The van der Waals surface area contributed by atoms with Crippen LogP contribution in [-0.4, -0.2) is 40.5 Å². The van der Waals surface area contributed by atoms with Crippen molar-refractivity contribution in [3.05, 3.63) is 71.9 Å². The first-order valence-corrected chi connectivity index (χ1v) is 11.9. The fourth-order valence-electron chi connectivity index (χ4n) is 3.89. The van der Waals surface area contributed by atoms with E-state index in [1.807, 2.05) is 36.5 Å². The summed E-state index contributed by atoms with van der Waals surface area (Å²) in [6.07, 6.45) is 5.12. The van der Waals surface area contributed by atoms with Crippen molar-refractivity contribution in [1.82, 2.24) is 14.9 Å². The highest BCUT2D eigenvalue weighted by Crippen LogP contribution is 2.28. The monoisotopic (exact) mass is 435 g/mol. The number of aromatic nitrogens is 2. The summed E-state index contributed by atoms with van der Waals surface area (Å²) < 4.78 is 8.07. The van der Waals surface area contributed by atoms with Gasteiger partial charge < -0.3 is 14.6 Å². The maximum absolute atomic E-state index is 12.4. The van der Waals surface area contributed by atoms with Crippen LogP contribution in [0, 0.1) is 6.92 Å². The van der Waals surface area contributed by atoms with Crippen LogP contribution in [0.1, 0.15) is 24.0 Å². The summed E-state index contributed by atoms with van der Waals surface area (Å²) in [5, 5.41) is 3.90. The maximum Gasteiger partial charge on any atom is 0.230 e. The average Bonchev–Trinajstić information content (AvgIpc) is 3.45. The molecule has 1 amide bonds. The van der Waals surface area contributed by atoms with Crippen LogP contribution in [-0.2, 0) is 22.5 Å². The van der Waals surface area contributed by atoms with Crippen LogP contribution < -0.4 is 5.32 Å². The molecule has 31 heavy (non-hydrogen) atoms. The van der Waals surface area contributed by atoms with E-state index in [-0.39, 0.29) is 12.0 Å². The van der Waals surface area contributed by atoms with Gasteiger partial charge in [-0.2, -0.15) is 0 Å². The summed E-state index contributed by atoms with van der Waals surface area (Å²) in [4.78, 5) is 17.1. The molecule has 0 saturated carbocycles. The third kappa shape index (κ3) is 5.77. The number of carbonyl (C=O) groups is 1. The highest BCUT2D eigenvalue weighted by atomic mass is 32.2. The zero-order valence-corrected chi connectivity index (χ0v) is 18.7. The van der Waals surface area contributed by atoms with E-state index in [1.165, 1.54) is 22.9 Å². The molecule has 1 aliphatic rings. The van der Waals surface area contributed by atoms with Crippen LogP contribution in [0.25, 0.3) is 11.3 Å². The fourth-order valence-corrected chi connectivity index (χ4v) is 4.71. The lowest BCUT2D eigenvalue weighted by atomic mass is 10.1. The number of nitrogens with one attached hydrogen (secondary N) is 1. The van der Waals surface area contributed by atoms with Crippen LogP contribution in [0.2, 0.25) is 0 Å². The summed E-state index contributed by atoms with van der Waals surface area (Å²) in [5.74, 6) is 0.386. The third-order valence-corrected chi connectivity index (χ3v) is 6.60. The molecular weight excluding hydrogens is 406 g/mol. The summed E-state index contributed by atoms with van der Waals surface area (Å²) >= 11 is 1.49. The van der Waals surface area contributed by atoms with E-state index in [4.69, 9.17) is 4.74 Å². The van der Waals surface area contributed by atoms with Crippen LogP contribution in [0.3, 0.4) is 0 Å².